The molecule has 1 unspecified atom stereocenters. The summed E-state index contributed by atoms with van der Waals surface area (Å²) < 4.78 is 5.62. The van der Waals surface area contributed by atoms with Crippen molar-refractivity contribution < 1.29 is 14.3 Å². The van der Waals surface area contributed by atoms with E-state index >= 15 is 0 Å². The minimum atomic E-state index is -0.676. The highest BCUT2D eigenvalue weighted by atomic mass is 16.5. The molecule has 126 valence electrons. The number of anilines is 1. The van der Waals surface area contributed by atoms with Crippen LogP contribution in [0.15, 0.2) is 48.5 Å². The zero-order chi connectivity index (χ0) is 17.7. The van der Waals surface area contributed by atoms with Crippen molar-refractivity contribution in [2.24, 2.45) is 5.73 Å². The Morgan fingerprint density at radius 1 is 1.00 bits per heavy atom. The molecule has 0 aliphatic heterocycles. The Bertz CT molecular complexity index is 724. The normalized spacial score (nSPS) is 11.8. The second kappa shape index (κ2) is 7.64. The number of carbonyl (C=O) groups is 2. The number of benzene rings is 2. The first-order chi connectivity index (χ1) is 11.4. The average Bonchev–Trinajstić information content (AvgIpc) is 2.55. The van der Waals surface area contributed by atoms with Gasteiger partial charge in [0.15, 0.2) is 6.10 Å². The molecule has 0 aliphatic rings. The van der Waals surface area contributed by atoms with Gasteiger partial charge in [-0.2, -0.15) is 0 Å². The predicted octanol–water partition coefficient (Wildman–Crippen LogP) is 3.31. The number of carbonyl (C=O) groups excluding carboxylic acids is 2. The largest absolute Gasteiger partial charge is 0.481 e. The zero-order valence-electron chi connectivity index (χ0n) is 14.1. The predicted molar refractivity (Wildman–Crippen MR) is 94.2 cm³/mol. The van der Waals surface area contributed by atoms with E-state index in [1.54, 1.807) is 31.2 Å². The minimum absolute atomic E-state index is 0.234. The number of primary amides is 1. The molecule has 0 bridgehead atoms. The number of hydrogen-bond donors (Lipinski definition) is 2. The van der Waals surface area contributed by atoms with Crippen molar-refractivity contribution in [3.63, 3.8) is 0 Å². The van der Waals surface area contributed by atoms with Crippen LogP contribution in [-0.2, 0) is 4.79 Å². The van der Waals surface area contributed by atoms with E-state index in [1.807, 2.05) is 24.3 Å². The molecule has 0 saturated heterocycles. The number of nitrogens with two attached hydrogens (primary N) is 1. The van der Waals surface area contributed by atoms with Gasteiger partial charge in [-0.05, 0) is 48.7 Å². The lowest BCUT2D eigenvalue weighted by Gasteiger charge is -2.17. The Morgan fingerprint density at radius 3 is 2.21 bits per heavy atom. The van der Waals surface area contributed by atoms with Gasteiger partial charge in [0.25, 0.3) is 5.91 Å². The van der Waals surface area contributed by atoms with Crippen molar-refractivity contribution in [3.8, 4) is 5.75 Å². The highest BCUT2D eigenvalue weighted by Crippen LogP contribution is 2.24. The Balaban J connectivity index is 2.03. The van der Waals surface area contributed by atoms with Crippen LogP contribution in [0.3, 0.4) is 0 Å². The second-order valence-corrected chi connectivity index (χ2v) is 5.88. The Morgan fingerprint density at radius 2 is 1.62 bits per heavy atom. The van der Waals surface area contributed by atoms with Crippen LogP contribution in [0, 0.1) is 0 Å². The second-order valence-electron chi connectivity index (χ2n) is 5.88. The van der Waals surface area contributed by atoms with Crippen molar-refractivity contribution in [1.29, 1.82) is 0 Å². The summed E-state index contributed by atoms with van der Waals surface area (Å²) in [6, 6.07) is 14.1. The van der Waals surface area contributed by atoms with Gasteiger partial charge < -0.3 is 15.8 Å². The standard InChI is InChI=1S/C19H22N2O3/c1-12(2)16-6-4-5-7-17(16)21-19(23)13(3)24-15-10-8-14(9-11-15)18(20)22/h4-13H,1-3H3,(H2,20,22)(H,21,23). The molecule has 2 aromatic carbocycles. The summed E-state index contributed by atoms with van der Waals surface area (Å²) in [6.07, 6.45) is -0.676. The third-order valence-corrected chi connectivity index (χ3v) is 3.66. The van der Waals surface area contributed by atoms with E-state index in [2.05, 4.69) is 19.2 Å². The quantitative estimate of drug-likeness (QED) is 0.854. The first kappa shape index (κ1) is 17.5. The maximum atomic E-state index is 12.4. The van der Waals surface area contributed by atoms with Crippen LogP contribution in [0.4, 0.5) is 5.69 Å². The molecule has 24 heavy (non-hydrogen) atoms. The van der Waals surface area contributed by atoms with Crippen LogP contribution in [0.2, 0.25) is 0 Å². The Kier molecular flexibility index (Phi) is 5.58. The van der Waals surface area contributed by atoms with E-state index in [4.69, 9.17) is 10.5 Å². The SMILES string of the molecule is CC(Oc1ccc(C(N)=O)cc1)C(=O)Nc1ccccc1C(C)C. The van der Waals surface area contributed by atoms with Gasteiger partial charge in [0.2, 0.25) is 5.91 Å². The molecule has 0 fully saturated rings. The molecular formula is C19H22N2O3. The fourth-order valence-electron chi connectivity index (χ4n) is 2.30. The van der Waals surface area contributed by atoms with E-state index in [-0.39, 0.29) is 5.91 Å². The number of nitrogens with one attached hydrogen (secondary N) is 1. The van der Waals surface area contributed by atoms with Crippen LogP contribution < -0.4 is 15.8 Å². The first-order valence-electron chi connectivity index (χ1n) is 7.84. The molecule has 0 spiro atoms. The molecular weight excluding hydrogens is 304 g/mol. The Hall–Kier alpha value is -2.82. The number of amides is 2. The third kappa shape index (κ3) is 4.35. The van der Waals surface area contributed by atoms with Crippen LogP contribution in [0.1, 0.15) is 42.6 Å². The summed E-state index contributed by atoms with van der Waals surface area (Å²) >= 11 is 0. The number of ether oxygens (including phenoxy) is 1. The fraction of sp³-hybridized carbons (Fsp3) is 0.263. The van der Waals surface area contributed by atoms with E-state index in [0.717, 1.165) is 11.3 Å². The lowest BCUT2D eigenvalue weighted by Crippen LogP contribution is -2.30. The van der Waals surface area contributed by atoms with Gasteiger partial charge in [-0.15, -0.1) is 0 Å². The van der Waals surface area contributed by atoms with Crippen molar-refractivity contribution in [1.82, 2.24) is 0 Å². The molecule has 1 atom stereocenters. The molecule has 5 heteroatoms. The van der Waals surface area contributed by atoms with Gasteiger partial charge in [0.05, 0.1) is 0 Å². The fourth-order valence-corrected chi connectivity index (χ4v) is 2.30. The maximum absolute atomic E-state index is 12.4. The molecule has 0 radical (unpaired) electrons. The molecule has 3 N–H and O–H groups in total. The molecule has 0 aliphatic carbocycles. The van der Waals surface area contributed by atoms with Gasteiger partial charge in [-0.25, -0.2) is 0 Å². The van der Waals surface area contributed by atoms with Gasteiger partial charge in [-0.3, -0.25) is 9.59 Å². The summed E-state index contributed by atoms with van der Waals surface area (Å²) in [6.45, 7) is 5.83. The van der Waals surface area contributed by atoms with Crippen LogP contribution >= 0.6 is 0 Å². The van der Waals surface area contributed by atoms with Crippen molar-refractivity contribution in [2.75, 3.05) is 5.32 Å². The van der Waals surface area contributed by atoms with E-state index in [9.17, 15) is 9.59 Å². The summed E-state index contributed by atoms with van der Waals surface area (Å²) in [7, 11) is 0. The number of para-hydroxylation sites is 1. The molecule has 2 rings (SSSR count). The molecule has 5 nitrogen and oxygen atoms in total. The monoisotopic (exact) mass is 326 g/mol. The topological polar surface area (TPSA) is 81.4 Å². The molecule has 0 aromatic heterocycles. The molecule has 2 aromatic rings. The van der Waals surface area contributed by atoms with Gasteiger partial charge in [-0.1, -0.05) is 32.0 Å². The van der Waals surface area contributed by atoms with Crippen LogP contribution in [0.5, 0.6) is 5.75 Å². The summed E-state index contributed by atoms with van der Waals surface area (Å²) in [5.74, 6) is 0.0681. The molecule has 0 saturated carbocycles. The molecule has 2 amide bonds. The summed E-state index contributed by atoms with van der Waals surface area (Å²) in [5.41, 5.74) is 7.45. The van der Waals surface area contributed by atoms with Crippen LogP contribution in [0.25, 0.3) is 0 Å². The van der Waals surface area contributed by atoms with E-state index in [1.165, 1.54) is 0 Å². The summed E-state index contributed by atoms with van der Waals surface area (Å²) in [4.78, 5) is 23.4. The maximum Gasteiger partial charge on any atom is 0.265 e. The highest BCUT2D eigenvalue weighted by molar-refractivity contribution is 5.95. The number of rotatable bonds is 6. The van der Waals surface area contributed by atoms with Gasteiger partial charge in [0.1, 0.15) is 5.75 Å². The van der Waals surface area contributed by atoms with Crippen LogP contribution in [-0.4, -0.2) is 17.9 Å². The average molecular weight is 326 g/mol. The summed E-state index contributed by atoms with van der Waals surface area (Å²) in [5, 5.41) is 2.90. The lowest BCUT2D eigenvalue weighted by molar-refractivity contribution is -0.122. The van der Waals surface area contributed by atoms with Gasteiger partial charge in [0, 0.05) is 11.3 Å². The van der Waals surface area contributed by atoms with Gasteiger partial charge >= 0.3 is 0 Å². The molecule has 0 heterocycles. The smallest absolute Gasteiger partial charge is 0.265 e. The van der Waals surface area contributed by atoms with Crippen molar-refractivity contribution in [2.45, 2.75) is 32.8 Å². The number of hydrogen-bond acceptors (Lipinski definition) is 3. The van der Waals surface area contributed by atoms with Crippen molar-refractivity contribution in [3.05, 3.63) is 59.7 Å². The zero-order valence-corrected chi connectivity index (χ0v) is 14.1. The first-order valence-corrected chi connectivity index (χ1v) is 7.84. The third-order valence-electron chi connectivity index (χ3n) is 3.66. The van der Waals surface area contributed by atoms with E-state index in [0.29, 0.717) is 17.2 Å². The Labute approximate surface area is 141 Å². The van der Waals surface area contributed by atoms with E-state index < -0.39 is 12.0 Å². The lowest BCUT2D eigenvalue weighted by atomic mass is 10.0. The van der Waals surface area contributed by atoms with Crippen molar-refractivity contribution >= 4 is 17.5 Å². The highest BCUT2D eigenvalue weighted by Gasteiger charge is 2.17. The minimum Gasteiger partial charge on any atom is -0.481 e.